The Morgan fingerprint density at radius 2 is 1.88 bits per heavy atom. The van der Waals surface area contributed by atoms with E-state index in [2.05, 4.69) is 27.2 Å². The Kier molecular flexibility index (Phi) is 4.29. The molecule has 2 heterocycles. The number of benzene rings is 2. The second-order valence-electron chi connectivity index (χ2n) is 6.28. The molecular formula is C19H18FN3O2. The van der Waals surface area contributed by atoms with E-state index in [1.807, 2.05) is 18.2 Å². The maximum Gasteiger partial charge on any atom is 0.244 e. The molecule has 1 aromatic heterocycles. The van der Waals surface area contributed by atoms with E-state index in [0.717, 1.165) is 0 Å². The number of likely N-dealkylation sites (tertiary alicyclic amines) is 1. The van der Waals surface area contributed by atoms with Crippen molar-refractivity contribution in [3.05, 3.63) is 71.9 Å². The van der Waals surface area contributed by atoms with Crippen LogP contribution in [0.25, 0.3) is 11.4 Å². The zero-order valence-corrected chi connectivity index (χ0v) is 13.5. The molecule has 25 heavy (non-hydrogen) atoms. The van der Waals surface area contributed by atoms with Crippen molar-refractivity contribution in [1.29, 1.82) is 0 Å². The van der Waals surface area contributed by atoms with Gasteiger partial charge in [0.25, 0.3) is 0 Å². The molecular weight excluding hydrogens is 321 g/mol. The number of rotatable bonds is 4. The van der Waals surface area contributed by atoms with Crippen molar-refractivity contribution < 1.29 is 14.0 Å². The lowest BCUT2D eigenvalue weighted by molar-refractivity contribution is 0.169. The van der Waals surface area contributed by atoms with Crippen molar-refractivity contribution in [3.63, 3.8) is 0 Å². The highest BCUT2D eigenvalue weighted by atomic mass is 19.1. The smallest absolute Gasteiger partial charge is 0.244 e. The first-order chi connectivity index (χ1) is 12.2. The maximum atomic E-state index is 13.1. The van der Waals surface area contributed by atoms with E-state index in [-0.39, 0.29) is 11.9 Å². The molecule has 1 aliphatic heterocycles. The molecule has 1 N–H and O–H groups in total. The van der Waals surface area contributed by atoms with E-state index >= 15 is 0 Å². The molecule has 2 aromatic carbocycles. The van der Waals surface area contributed by atoms with Crippen molar-refractivity contribution in [1.82, 2.24) is 15.0 Å². The minimum Gasteiger partial charge on any atom is -0.392 e. The second-order valence-corrected chi connectivity index (χ2v) is 6.28. The second kappa shape index (κ2) is 6.74. The van der Waals surface area contributed by atoms with Crippen LogP contribution in [0.1, 0.15) is 23.9 Å². The summed E-state index contributed by atoms with van der Waals surface area (Å²) < 4.78 is 18.5. The topological polar surface area (TPSA) is 62.4 Å². The molecule has 0 aliphatic carbocycles. The van der Waals surface area contributed by atoms with Crippen LogP contribution in [-0.4, -0.2) is 32.8 Å². The Balaban J connectivity index is 1.56. The molecule has 2 unspecified atom stereocenters. The van der Waals surface area contributed by atoms with Gasteiger partial charge in [0.05, 0.1) is 12.1 Å². The summed E-state index contributed by atoms with van der Waals surface area (Å²) in [5.41, 5.74) is 1.87. The minimum absolute atomic E-state index is 0.128. The molecule has 2 atom stereocenters. The molecule has 1 fully saturated rings. The molecule has 3 aromatic rings. The third kappa shape index (κ3) is 3.45. The lowest BCUT2D eigenvalue weighted by Crippen LogP contribution is -2.24. The van der Waals surface area contributed by atoms with Gasteiger partial charge in [0.15, 0.2) is 0 Å². The van der Waals surface area contributed by atoms with E-state index in [1.54, 1.807) is 12.1 Å². The summed E-state index contributed by atoms with van der Waals surface area (Å²) in [6.07, 6.45) is 0.132. The molecule has 1 aliphatic rings. The lowest BCUT2D eigenvalue weighted by atomic mass is 10.1. The number of aliphatic hydroxyl groups is 1. The van der Waals surface area contributed by atoms with Gasteiger partial charge in [-0.3, -0.25) is 4.90 Å². The fourth-order valence-corrected chi connectivity index (χ4v) is 3.22. The van der Waals surface area contributed by atoms with Gasteiger partial charge in [-0.25, -0.2) is 4.39 Å². The number of halogens is 1. The number of hydrogen-bond donors (Lipinski definition) is 1. The molecule has 1 saturated heterocycles. The maximum absolute atomic E-state index is 13.1. The van der Waals surface area contributed by atoms with E-state index in [1.165, 1.54) is 17.7 Å². The van der Waals surface area contributed by atoms with Crippen molar-refractivity contribution in [2.45, 2.75) is 25.1 Å². The average Bonchev–Trinajstić information content (AvgIpc) is 3.23. The third-order valence-corrected chi connectivity index (χ3v) is 4.44. The van der Waals surface area contributed by atoms with Gasteiger partial charge in [0, 0.05) is 18.7 Å². The van der Waals surface area contributed by atoms with Gasteiger partial charge in [-0.05, 0) is 36.2 Å². The molecule has 0 radical (unpaired) electrons. The number of β-amino-alcohol motifs (C(OH)–C–C–N with tert-alkyl or cyclic N) is 1. The van der Waals surface area contributed by atoms with Gasteiger partial charge in [0.2, 0.25) is 11.7 Å². The summed E-state index contributed by atoms with van der Waals surface area (Å²) in [6, 6.07) is 15.9. The Morgan fingerprint density at radius 1 is 1.12 bits per heavy atom. The summed E-state index contributed by atoms with van der Waals surface area (Å²) in [4.78, 5) is 6.61. The molecule has 0 bridgehead atoms. The zero-order valence-electron chi connectivity index (χ0n) is 13.5. The molecule has 128 valence electrons. The zero-order chi connectivity index (χ0) is 17.2. The monoisotopic (exact) mass is 339 g/mol. The normalized spacial score (nSPS) is 20.9. The van der Waals surface area contributed by atoms with Gasteiger partial charge in [-0.2, -0.15) is 4.98 Å². The Morgan fingerprint density at radius 3 is 2.64 bits per heavy atom. The van der Waals surface area contributed by atoms with Gasteiger partial charge in [-0.15, -0.1) is 0 Å². The van der Waals surface area contributed by atoms with Crippen molar-refractivity contribution >= 4 is 0 Å². The number of hydrogen-bond acceptors (Lipinski definition) is 5. The van der Waals surface area contributed by atoms with Crippen LogP contribution < -0.4 is 0 Å². The van der Waals surface area contributed by atoms with Crippen LogP contribution in [0.2, 0.25) is 0 Å². The van der Waals surface area contributed by atoms with Crippen LogP contribution >= 0.6 is 0 Å². The first kappa shape index (κ1) is 15.9. The Labute approximate surface area is 144 Å². The predicted molar refractivity (Wildman–Crippen MR) is 89.9 cm³/mol. The van der Waals surface area contributed by atoms with Crippen LogP contribution in [0.15, 0.2) is 59.1 Å². The van der Waals surface area contributed by atoms with Crippen LogP contribution in [0.3, 0.4) is 0 Å². The van der Waals surface area contributed by atoms with Crippen molar-refractivity contribution in [3.8, 4) is 11.4 Å². The predicted octanol–water partition coefficient (Wildman–Crippen LogP) is 3.18. The van der Waals surface area contributed by atoms with Crippen LogP contribution in [0.4, 0.5) is 4.39 Å². The number of nitrogens with zero attached hydrogens (tertiary/aromatic N) is 3. The van der Waals surface area contributed by atoms with Gasteiger partial charge in [-0.1, -0.05) is 35.5 Å². The van der Waals surface area contributed by atoms with Crippen LogP contribution in [-0.2, 0) is 6.54 Å². The standard InChI is InChI=1S/C19H18FN3O2/c20-15-8-6-14(7-9-15)18-21-19(25-22-18)17-10-16(24)12-23(17)11-13-4-2-1-3-5-13/h1-9,16-17,24H,10-12H2. The summed E-state index contributed by atoms with van der Waals surface area (Å²) in [5.74, 6) is 0.600. The van der Waals surface area contributed by atoms with Gasteiger partial charge >= 0.3 is 0 Å². The van der Waals surface area contributed by atoms with E-state index in [0.29, 0.717) is 36.8 Å². The SMILES string of the molecule is OC1CC(c2nc(-c3ccc(F)cc3)no2)N(Cc2ccccc2)C1. The molecule has 0 saturated carbocycles. The summed E-state index contributed by atoms with van der Waals surface area (Å²) in [7, 11) is 0. The van der Waals surface area contributed by atoms with Crippen LogP contribution in [0, 0.1) is 5.82 Å². The quantitative estimate of drug-likeness (QED) is 0.791. The molecule has 0 amide bonds. The van der Waals surface area contributed by atoms with E-state index in [9.17, 15) is 9.50 Å². The number of aromatic nitrogens is 2. The highest BCUT2D eigenvalue weighted by molar-refractivity contribution is 5.53. The van der Waals surface area contributed by atoms with E-state index in [4.69, 9.17) is 4.52 Å². The fraction of sp³-hybridized carbons (Fsp3) is 0.263. The molecule has 5 nitrogen and oxygen atoms in total. The van der Waals surface area contributed by atoms with Gasteiger partial charge < -0.3 is 9.63 Å². The summed E-state index contributed by atoms with van der Waals surface area (Å²) in [5, 5.41) is 14.1. The average molecular weight is 339 g/mol. The first-order valence-electron chi connectivity index (χ1n) is 8.24. The van der Waals surface area contributed by atoms with Crippen LogP contribution in [0.5, 0.6) is 0 Å². The third-order valence-electron chi connectivity index (χ3n) is 4.44. The van der Waals surface area contributed by atoms with Crippen molar-refractivity contribution in [2.24, 2.45) is 0 Å². The van der Waals surface area contributed by atoms with Gasteiger partial charge in [0.1, 0.15) is 5.82 Å². The Hall–Kier alpha value is -2.57. The first-order valence-corrected chi connectivity index (χ1v) is 8.24. The molecule has 4 rings (SSSR count). The lowest BCUT2D eigenvalue weighted by Gasteiger charge is -2.21. The minimum atomic E-state index is -0.421. The molecule has 6 heteroatoms. The number of aliphatic hydroxyl groups excluding tert-OH is 1. The fourth-order valence-electron chi connectivity index (χ4n) is 3.22. The largest absolute Gasteiger partial charge is 0.392 e. The summed E-state index contributed by atoms with van der Waals surface area (Å²) in [6.45, 7) is 1.27. The Bertz CT molecular complexity index is 835. The highest BCUT2D eigenvalue weighted by Gasteiger charge is 2.35. The summed E-state index contributed by atoms with van der Waals surface area (Å²) >= 11 is 0. The highest BCUT2D eigenvalue weighted by Crippen LogP contribution is 2.33. The van der Waals surface area contributed by atoms with E-state index < -0.39 is 6.10 Å². The van der Waals surface area contributed by atoms with Crippen molar-refractivity contribution in [2.75, 3.05) is 6.54 Å². The molecule has 0 spiro atoms.